The van der Waals surface area contributed by atoms with Crippen LogP contribution in [0.3, 0.4) is 0 Å². The van der Waals surface area contributed by atoms with E-state index in [1.807, 2.05) is 5.38 Å². The Morgan fingerprint density at radius 2 is 2.16 bits per heavy atom. The summed E-state index contributed by atoms with van der Waals surface area (Å²) in [5, 5.41) is 16.5. The third-order valence-corrected chi connectivity index (χ3v) is 6.07. The number of nitrogens with zero attached hydrogens (tertiary/aromatic N) is 2. The van der Waals surface area contributed by atoms with Gasteiger partial charge in [-0.05, 0) is 53.5 Å². The first-order chi connectivity index (χ1) is 12.3. The lowest BCUT2D eigenvalue weighted by molar-refractivity contribution is 0.0339. The van der Waals surface area contributed by atoms with Gasteiger partial charge in [0.25, 0.3) is 0 Å². The Hall–Kier alpha value is -2.18. The first-order valence-corrected chi connectivity index (χ1v) is 9.54. The highest BCUT2D eigenvalue weighted by Gasteiger charge is 2.35. The predicted octanol–water partition coefficient (Wildman–Crippen LogP) is 3.55. The number of aliphatic hydroxyl groups is 1. The van der Waals surface area contributed by atoms with E-state index in [1.54, 1.807) is 17.7 Å². The summed E-state index contributed by atoms with van der Waals surface area (Å²) < 4.78 is 5.64. The van der Waals surface area contributed by atoms with Crippen LogP contribution in [0.5, 0.6) is 5.75 Å². The molecule has 1 aromatic carbocycles. The molecular weight excluding hydrogens is 334 g/mol. The predicted molar refractivity (Wildman–Crippen MR) is 98.2 cm³/mol. The molecule has 0 amide bonds. The van der Waals surface area contributed by atoms with Gasteiger partial charge in [-0.15, -0.1) is 11.3 Å². The maximum absolute atomic E-state index is 9.80. The van der Waals surface area contributed by atoms with Crippen molar-refractivity contribution in [2.24, 2.45) is 5.92 Å². The van der Waals surface area contributed by atoms with Gasteiger partial charge in [0.05, 0.1) is 24.1 Å². The van der Waals surface area contributed by atoms with E-state index in [0.29, 0.717) is 5.92 Å². The summed E-state index contributed by atoms with van der Waals surface area (Å²) in [5.74, 6) is 2.27. The van der Waals surface area contributed by atoms with Gasteiger partial charge in [0.15, 0.2) is 0 Å². The first-order valence-electron chi connectivity index (χ1n) is 8.66. The van der Waals surface area contributed by atoms with Crippen molar-refractivity contribution in [1.82, 2.24) is 9.97 Å². The van der Waals surface area contributed by atoms with E-state index in [9.17, 15) is 5.11 Å². The fraction of sp³-hybridized carbons (Fsp3) is 0.368. The Morgan fingerprint density at radius 1 is 1.24 bits per heavy atom. The second-order valence-corrected chi connectivity index (χ2v) is 7.73. The van der Waals surface area contributed by atoms with Gasteiger partial charge in [-0.25, -0.2) is 9.97 Å². The van der Waals surface area contributed by atoms with Crippen molar-refractivity contribution in [3.63, 3.8) is 0 Å². The molecule has 2 aromatic heterocycles. The lowest BCUT2D eigenvalue weighted by Gasteiger charge is -2.38. The van der Waals surface area contributed by atoms with Gasteiger partial charge in [0, 0.05) is 6.42 Å². The monoisotopic (exact) mass is 353 g/mol. The van der Waals surface area contributed by atoms with Crippen molar-refractivity contribution in [2.45, 2.75) is 31.4 Å². The number of benzene rings is 1. The van der Waals surface area contributed by atoms with Crippen molar-refractivity contribution < 1.29 is 9.84 Å². The highest BCUT2D eigenvalue weighted by atomic mass is 32.1. The van der Waals surface area contributed by atoms with E-state index < -0.39 is 0 Å². The number of aromatic nitrogens is 2. The van der Waals surface area contributed by atoms with Crippen LogP contribution in [0.1, 0.15) is 30.0 Å². The molecular formula is C19H19N3O2S. The number of hydrogen-bond donors (Lipinski definition) is 2. The van der Waals surface area contributed by atoms with Gasteiger partial charge in [-0.3, -0.25) is 0 Å². The minimum atomic E-state index is -0.182. The van der Waals surface area contributed by atoms with Crippen LogP contribution >= 0.6 is 11.3 Å². The average molecular weight is 353 g/mol. The van der Waals surface area contributed by atoms with E-state index in [2.05, 4.69) is 39.6 Å². The summed E-state index contributed by atoms with van der Waals surface area (Å²) in [4.78, 5) is 9.80. The second kappa shape index (κ2) is 5.97. The third-order valence-electron chi connectivity index (χ3n) is 5.25. The number of fused-ring (bicyclic) bond motifs is 2. The normalized spacial score (nSPS) is 22.9. The summed E-state index contributed by atoms with van der Waals surface area (Å²) >= 11 is 1.62. The summed E-state index contributed by atoms with van der Waals surface area (Å²) in [6.07, 6.45) is 4.04. The minimum Gasteiger partial charge on any atom is -0.493 e. The number of anilines is 1. The molecule has 0 unspecified atom stereocenters. The molecule has 5 nitrogen and oxygen atoms in total. The van der Waals surface area contributed by atoms with Crippen LogP contribution in [0.15, 0.2) is 36.0 Å². The summed E-state index contributed by atoms with van der Waals surface area (Å²) in [6.45, 7) is 0.764. The molecule has 2 N–H and O–H groups in total. The number of aliphatic hydroxyl groups excluding tert-OH is 1. The molecule has 1 atom stereocenters. The third kappa shape index (κ3) is 2.65. The van der Waals surface area contributed by atoms with Crippen LogP contribution in [0, 0.1) is 5.92 Å². The number of ether oxygens (including phenoxy) is 1. The first kappa shape index (κ1) is 15.1. The molecule has 1 fully saturated rings. The Balaban J connectivity index is 1.51. The zero-order valence-corrected chi connectivity index (χ0v) is 14.5. The lowest BCUT2D eigenvalue weighted by atomic mass is 9.75. The van der Waals surface area contributed by atoms with Crippen LogP contribution < -0.4 is 10.1 Å². The molecule has 0 saturated heterocycles. The molecule has 3 aromatic rings. The average Bonchev–Trinajstić information content (AvgIpc) is 3.25. The molecule has 6 heteroatoms. The minimum absolute atomic E-state index is 0.132. The van der Waals surface area contributed by atoms with E-state index in [0.717, 1.165) is 47.7 Å². The Kier molecular flexibility index (Phi) is 3.60. The fourth-order valence-corrected chi connectivity index (χ4v) is 4.56. The molecule has 1 aliphatic carbocycles. The molecule has 1 saturated carbocycles. The van der Waals surface area contributed by atoms with Crippen LogP contribution in [0.25, 0.3) is 10.2 Å². The van der Waals surface area contributed by atoms with Gasteiger partial charge in [0.1, 0.15) is 22.7 Å². The molecule has 0 spiro atoms. The molecule has 1 aliphatic heterocycles. The summed E-state index contributed by atoms with van der Waals surface area (Å²) in [7, 11) is 0. The van der Waals surface area contributed by atoms with Crippen LogP contribution in [0.4, 0.5) is 5.82 Å². The van der Waals surface area contributed by atoms with Crippen LogP contribution in [0.2, 0.25) is 0 Å². The topological polar surface area (TPSA) is 67.3 Å². The highest BCUT2D eigenvalue weighted by Crippen LogP contribution is 2.42. The van der Waals surface area contributed by atoms with Crippen molar-refractivity contribution in [1.29, 1.82) is 0 Å². The number of rotatable bonds is 4. The fourth-order valence-electron chi connectivity index (χ4n) is 3.83. The van der Waals surface area contributed by atoms with E-state index in [4.69, 9.17) is 4.74 Å². The molecule has 0 radical (unpaired) electrons. The zero-order chi connectivity index (χ0) is 16.8. The standard InChI is InChI=1S/C19H19N3O2S/c23-14-8-13(9-14)17(12-1-2-16-11(7-12)3-5-24-16)22-18-15-4-6-25-19(15)21-10-20-18/h1-2,4,6-7,10,13-14,17,23H,3,5,8-9H2,(H,20,21,22)/t13?,14?,17-/m0/s1. The highest BCUT2D eigenvalue weighted by molar-refractivity contribution is 7.16. The maximum Gasteiger partial charge on any atom is 0.138 e. The number of hydrogen-bond acceptors (Lipinski definition) is 6. The van der Waals surface area contributed by atoms with Gasteiger partial charge in [-0.2, -0.15) is 0 Å². The van der Waals surface area contributed by atoms with E-state index in [-0.39, 0.29) is 12.1 Å². The summed E-state index contributed by atoms with van der Waals surface area (Å²) in [6, 6.07) is 8.65. The Labute approximate surface area is 149 Å². The van der Waals surface area contributed by atoms with Crippen LogP contribution in [-0.4, -0.2) is 27.8 Å². The number of thiophene rings is 1. The molecule has 3 heterocycles. The quantitative estimate of drug-likeness (QED) is 0.751. The van der Waals surface area contributed by atoms with Crippen LogP contribution in [-0.2, 0) is 6.42 Å². The number of nitrogens with one attached hydrogen (secondary N) is 1. The molecule has 5 rings (SSSR count). The smallest absolute Gasteiger partial charge is 0.138 e. The van der Waals surface area contributed by atoms with Crippen molar-refractivity contribution in [2.75, 3.05) is 11.9 Å². The largest absolute Gasteiger partial charge is 0.493 e. The van der Waals surface area contributed by atoms with Crippen molar-refractivity contribution >= 4 is 27.4 Å². The van der Waals surface area contributed by atoms with Gasteiger partial charge >= 0.3 is 0 Å². The Morgan fingerprint density at radius 3 is 3.04 bits per heavy atom. The van der Waals surface area contributed by atoms with Gasteiger partial charge in [0.2, 0.25) is 0 Å². The van der Waals surface area contributed by atoms with E-state index >= 15 is 0 Å². The maximum atomic E-state index is 9.80. The second-order valence-electron chi connectivity index (χ2n) is 6.83. The molecule has 25 heavy (non-hydrogen) atoms. The van der Waals surface area contributed by atoms with Gasteiger partial charge in [-0.1, -0.05) is 6.07 Å². The zero-order valence-electron chi connectivity index (χ0n) is 13.7. The lowest BCUT2D eigenvalue weighted by Crippen LogP contribution is -2.36. The SMILES string of the molecule is OC1CC([C@@H](Nc2ncnc3sccc23)c2ccc3c(c2)CCO3)C1. The molecule has 0 bridgehead atoms. The Bertz CT molecular complexity index is 920. The molecule has 128 valence electrons. The molecule has 2 aliphatic rings. The van der Waals surface area contributed by atoms with E-state index in [1.165, 1.54) is 11.1 Å². The summed E-state index contributed by atoms with van der Waals surface area (Å²) in [5.41, 5.74) is 2.51. The van der Waals surface area contributed by atoms with Crippen molar-refractivity contribution in [3.8, 4) is 5.75 Å². The van der Waals surface area contributed by atoms with Gasteiger partial charge < -0.3 is 15.2 Å². The van der Waals surface area contributed by atoms with Crippen molar-refractivity contribution in [3.05, 3.63) is 47.1 Å².